The molecule has 0 unspecified atom stereocenters. The SMILES string of the molecule is CCN(CCc1ncnn1-c1cccc(F)c1)c1ccc(C#N)cc1NC. The predicted molar refractivity (Wildman–Crippen MR) is 104 cm³/mol. The van der Waals surface area contributed by atoms with Crippen molar-refractivity contribution in [2.45, 2.75) is 13.3 Å². The molecule has 0 atom stereocenters. The summed E-state index contributed by atoms with van der Waals surface area (Å²) >= 11 is 0. The first-order chi connectivity index (χ1) is 13.2. The van der Waals surface area contributed by atoms with E-state index >= 15 is 0 Å². The molecule has 0 saturated heterocycles. The summed E-state index contributed by atoms with van der Waals surface area (Å²) in [5.41, 5.74) is 3.20. The molecule has 0 aliphatic carbocycles. The van der Waals surface area contributed by atoms with Crippen LogP contribution in [0, 0.1) is 17.1 Å². The highest BCUT2D eigenvalue weighted by Crippen LogP contribution is 2.27. The summed E-state index contributed by atoms with van der Waals surface area (Å²) in [6, 6.07) is 14.1. The van der Waals surface area contributed by atoms with E-state index in [2.05, 4.69) is 33.3 Å². The molecular weight excluding hydrogens is 343 g/mol. The Morgan fingerprint density at radius 3 is 2.81 bits per heavy atom. The van der Waals surface area contributed by atoms with Gasteiger partial charge in [-0.25, -0.2) is 14.1 Å². The van der Waals surface area contributed by atoms with Crippen molar-refractivity contribution < 1.29 is 4.39 Å². The first-order valence-electron chi connectivity index (χ1n) is 8.78. The van der Waals surface area contributed by atoms with Crippen LogP contribution >= 0.6 is 0 Å². The van der Waals surface area contributed by atoms with Gasteiger partial charge in [-0.2, -0.15) is 10.4 Å². The minimum absolute atomic E-state index is 0.305. The Labute approximate surface area is 157 Å². The Hall–Kier alpha value is -3.40. The second kappa shape index (κ2) is 8.32. The average molecular weight is 364 g/mol. The maximum absolute atomic E-state index is 13.5. The standard InChI is InChI=1S/C20H21FN6/c1-3-26(19-8-7-15(13-22)11-18(19)23-2)10-9-20-24-14-25-27(20)17-6-4-5-16(21)12-17/h4-8,11-12,14,23H,3,9-10H2,1-2H3. The highest BCUT2D eigenvalue weighted by atomic mass is 19.1. The smallest absolute Gasteiger partial charge is 0.138 e. The van der Waals surface area contributed by atoms with E-state index in [0.29, 0.717) is 24.2 Å². The van der Waals surface area contributed by atoms with Gasteiger partial charge in [-0.3, -0.25) is 0 Å². The van der Waals surface area contributed by atoms with Crippen LogP contribution in [-0.4, -0.2) is 34.9 Å². The normalized spacial score (nSPS) is 10.4. The Balaban J connectivity index is 1.80. The lowest BCUT2D eigenvalue weighted by atomic mass is 10.1. The number of rotatable bonds is 7. The van der Waals surface area contributed by atoms with Crippen LogP contribution in [0.3, 0.4) is 0 Å². The van der Waals surface area contributed by atoms with Gasteiger partial charge in [0, 0.05) is 26.6 Å². The fourth-order valence-corrected chi connectivity index (χ4v) is 3.02. The van der Waals surface area contributed by atoms with Crippen molar-refractivity contribution in [2.75, 3.05) is 30.4 Å². The largest absolute Gasteiger partial charge is 0.386 e. The fraction of sp³-hybridized carbons (Fsp3) is 0.250. The number of nitriles is 1. The Kier molecular flexibility index (Phi) is 5.67. The van der Waals surface area contributed by atoms with Gasteiger partial charge in [-0.05, 0) is 43.3 Å². The number of anilines is 2. The third-order valence-corrected chi connectivity index (χ3v) is 4.39. The van der Waals surface area contributed by atoms with Gasteiger partial charge < -0.3 is 10.2 Å². The predicted octanol–water partition coefficient (Wildman–Crippen LogP) is 3.39. The molecule has 1 heterocycles. The molecule has 0 amide bonds. The molecule has 3 rings (SSSR count). The van der Waals surface area contributed by atoms with Gasteiger partial charge in [0.15, 0.2) is 0 Å². The zero-order chi connectivity index (χ0) is 19.2. The molecule has 138 valence electrons. The molecule has 0 aliphatic rings. The molecule has 1 N–H and O–H groups in total. The molecule has 1 aromatic heterocycles. The van der Waals surface area contributed by atoms with Crippen molar-refractivity contribution in [3.63, 3.8) is 0 Å². The highest BCUT2D eigenvalue weighted by molar-refractivity contribution is 5.71. The number of likely N-dealkylation sites (N-methyl/N-ethyl adjacent to an activating group) is 1. The first-order valence-corrected chi connectivity index (χ1v) is 8.78. The first kappa shape index (κ1) is 18.4. The Morgan fingerprint density at radius 2 is 2.11 bits per heavy atom. The van der Waals surface area contributed by atoms with Crippen molar-refractivity contribution in [1.82, 2.24) is 14.8 Å². The summed E-state index contributed by atoms with van der Waals surface area (Å²) in [7, 11) is 1.84. The summed E-state index contributed by atoms with van der Waals surface area (Å²) in [4.78, 5) is 6.54. The molecule has 27 heavy (non-hydrogen) atoms. The van der Waals surface area contributed by atoms with Crippen LogP contribution in [0.25, 0.3) is 5.69 Å². The van der Waals surface area contributed by atoms with Gasteiger partial charge in [0.1, 0.15) is 18.0 Å². The van der Waals surface area contributed by atoms with Gasteiger partial charge >= 0.3 is 0 Å². The van der Waals surface area contributed by atoms with Crippen molar-refractivity contribution in [1.29, 1.82) is 5.26 Å². The molecule has 0 spiro atoms. The van der Waals surface area contributed by atoms with Gasteiger partial charge in [0.05, 0.1) is 28.7 Å². The lowest BCUT2D eigenvalue weighted by Crippen LogP contribution is -2.27. The molecule has 0 fully saturated rings. The molecule has 3 aromatic rings. The molecular formula is C20H21FN6. The van der Waals surface area contributed by atoms with Crippen LogP contribution in [0.15, 0.2) is 48.8 Å². The van der Waals surface area contributed by atoms with Gasteiger partial charge in [0.25, 0.3) is 0 Å². The van der Waals surface area contributed by atoms with E-state index in [4.69, 9.17) is 5.26 Å². The Bertz CT molecular complexity index is 959. The van der Waals surface area contributed by atoms with Crippen LogP contribution in [0.2, 0.25) is 0 Å². The lowest BCUT2D eigenvalue weighted by molar-refractivity contribution is 0.624. The number of nitrogens with zero attached hydrogens (tertiary/aromatic N) is 5. The number of benzene rings is 2. The zero-order valence-electron chi connectivity index (χ0n) is 15.4. The van der Waals surface area contributed by atoms with Crippen molar-refractivity contribution in [3.8, 4) is 11.8 Å². The minimum Gasteiger partial charge on any atom is -0.386 e. The van der Waals surface area contributed by atoms with Gasteiger partial charge in [-0.15, -0.1) is 0 Å². The molecule has 7 heteroatoms. The van der Waals surface area contributed by atoms with Crippen LogP contribution in [-0.2, 0) is 6.42 Å². The molecule has 0 bridgehead atoms. The summed E-state index contributed by atoms with van der Waals surface area (Å²) in [6.45, 7) is 3.59. The molecule has 0 radical (unpaired) electrons. The minimum atomic E-state index is -0.305. The monoisotopic (exact) mass is 364 g/mol. The topological polar surface area (TPSA) is 69.8 Å². The van der Waals surface area contributed by atoms with E-state index in [1.807, 2.05) is 25.2 Å². The van der Waals surface area contributed by atoms with Crippen LogP contribution in [0.5, 0.6) is 0 Å². The summed E-state index contributed by atoms with van der Waals surface area (Å²) in [6.07, 6.45) is 2.13. The van der Waals surface area contributed by atoms with Crippen LogP contribution in [0.4, 0.5) is 15.8 Å². The van der Waals surface area contributed by atoms with Gasteiger partial charge in [-0.1, -0.05) is 6.07 Å². The number of aromatic nitrogens is 3. The van der Waals surface area contributed by atoms with Crippen molar-refractivity contribution in [3.05, 3.63) is 66.0 Å². The van der Waals surface area contributed by atoms with E-state index in [9.17, 15) is 4.39 Å². The third kappa shape index (κ3) is 4.06. The number of hydrogen-bond acceptors (Lipinski definition) is 5. The second-order valence-electron chi connectivity index (χ2n) is 5.99. The maximum Gasteiger partial charge on any atom is 0.138 e. The number of hydrogen-bond donors (Lipinski definition) is 1. The quantitative estimate of drug-likeness (QED) is 0.696. The third-order valence-electron chi connectivity index (χ3n) is 4.39. The molecule has 0 aliphatic heterocycles. The number of halogens is 1. The fourth-order valence-electron chi connectivity index (χ4n) is 3.02. The zero-order valence-corrected chi connectivity index (χ0v) is 15.4. The van der Waals surface area contributed by atoms with E-state index in [1.54, 1.807) is 16.8 Å². The summed E-state index contributed by atoms with van der Waals surface area (Å²) in [5, 5.41) is 16.5. The van der Waals surface area contributed by atoms with Crippen molar-refractivity contribution in [2.24, 2.45) is 0 Å². The van der Waals surface area contributed by atoms with Crippen LogP contribution in [0.1, 0.15) is 18.3 Å². The second-order valence-corrected chi connectivity index (χ2v) is 5.99. The summed E-state index contributed by atoms with van der Waals surface area (Å²) in [5.74, 6) is 0.457. The van der Waals surface area contributed by atoms with E-state index in [1.165, 1.54) is 18.5 Å². The van der Waals surface area contributed by atoms with E-state index in [0.717, 1.165) is 23.7 Å². The molecule has 2 aromatic carbocycles. The van der Waals surface area contributed by atoms with Gasteiger partial charge in [0.2, 0.25) is 0 Å². The maximum atomic E-state index is 13.5. The lowest BCUT2D eigenvalue weighted by Gasteiger charge is -2.25. The van der Waals surface area contributed by atoms with E-state index in [-0.39, 0.29) is 5.82 Å². The summed E-state index contributed by atoms with van der Waals surface area (Å²) < 4.78 is 15.2. The van der Waals surface area contributed by atoms with E-state index < -0.39 is 0 Å². The average Bonchev–Trinajstić information content (AvgIpc) is 3.17. The Morgan fingerprint density at radius 1 is 1.26 bits per heavy atom. The molecule has 0 saturated carbocycles. The highest BCUT2D eigenvalue weighted by Gasteiger charge is 2.13. The van der Waals surface area contributed by atoms with Crippen molar-refractivity contribution >= 4 is 11.4 Å². The number of nitrogens with one attached hydrogen (secondary N) is 1. The van der Waals surface area contributed by atoms with Crippen LogP contribution < -0.4 is 10.2 Å². The molecule has 6 nitrogen and oxygen atoms in total.